The topological polar surface area (TPSA) is 69.1 Å². The number of methoxy groups -OCH3 is 1. The van der Waals surface area contributed by atoms with Crippen LogP contribution in [0.15, 0.2) is 23.2 Å². The van der Waals surface area contributed by atoms with Gasteiger partial charge >= 0.3 is 0 Å². The minimum Gasteiger partial charge on any atom is -0.508 e. The molecule has 1 aromatic rings. The highest BCUT2D eigenvalue weighted by molar-refractivity contribution is 5.79. The number of phenolic OH excluding ortho intramolecular Hbond substituents is 1. The normalized spacial score (nSPS) is 18.9. The van der Waals surface area contributed by atoms with Crippen LogP contribution in [0.3, 0.4) is 0 Å². The molecule has 6 heteroatoms. The molecule has 1 unspecified atom stereocenters. The van der Waals surface area contributed by atoms with E-state index in [4.69, 9.17) is 4.74 Å². The Labute approximate surface area is 138 Å². The first kappa shape index (κ1) is 17.4. The van der Waals surface area contributed by atoms with Gasteiger partial charge in [-0.25, -0.2) is 0 Å². The van der Waals surface area contributed by atoms with Gasteiger partial charge in [0.15, 0.2) is 5.96 Å². The van der Waals surface area contributed by atoms with Crippen molar-refractivity contribution < 1.29 is 9.84 Å². The van der Waals surface area contributed by atoms with Crippen LogP contribution >= 0.6 is 0 Å². The second kappa shape index (κ2) is 8.62. The Morgan fingerprint density at radius 2 is 2.26 bits per heavy atom. The lowest BCUT2D eigenvalue weighted by Gasteiger charge is -2.24. The fourth-order valence-corrected chi connectivity index (χ4v) is 2.99. The number of hydrogen-bond acceptors (Lipinski definition) is 4. The summed E-state index contributed by atoms with van der Waals surface area (Å²) < 4.78 is 5.19. The van der Waals surface area contributed by atoms with E-state index in [-0.39, 0.29) is 5.75 Å². The number of aromatic hydroxyl groups is 1. The molecule has 0 aliphatic carbocycles. The van der Waals surface area contributed by atoms with Gasteiger partial charge in [-0.3, -0.25) is 9.89 Å². The molecule has 0 amide bonds. The number of likely N-dealkylation sites (tertiary alicyclic amines) is 1. The van der Waals surface area contributed by atoms with Crippen molar-refractivity contribution in [2.45, 2.75) is 32.4 Å². The summed E-state index contributed by atoms with van der Waals surface area (Å²) in [6.07, 6.45) is 2.50. The van der Waals surface area contributed by atoms with Crippen molar-refractivity contribution in [3.63, 3.8) is 0 Å². The lowest BCUT2D eigenvalue weighted by Crippen LogP contribution is -2.44. The maximum Gasteiger partial charge on any atom is 0.191 e. The molecule has 128 valence electrons. The summed E-state index contributed by atoms with van der Waals surface area (Å²) in [4.78, 5) is 6.74. The van der Waals surface area contributed by atoms with Crippen molar-refractivity contribution in [1.29, 1.82) is 0 Å². The molecule has 1 atom stereocenters. The quantitative estimate of drug-likeness (QED) is 0.548. The Morgan fingerprint density at radius 1 is 1.43 bits per heavy atom. The highest BCUT2D eigenvalue weighted by atomic mass is 16.5. The molecule has 1 aromatic carbocycles. The predicted octanol–water partition coefficient (Wildman–Crippen LogP) is 1.55. The third-order valence-corrected chi connectivity index (χ3v) is 4.37. The monoisotopic (exact) mass is 320 g/mol. The predicted molar refractivity (Wildman–Crippen MR) is 93.1 cm³/mol. The lowest BCUT2D eigenvalue weighted by molar-refractivity contribution is 0.267. The number of hydrogen-bond donors (Lipinski definition) is 3. The van der Waals surface area contributed by atoms with E-state index in [0.29, 0.717) is 12.6 Å². The molecule has 0 saturated carbocycles. The molecule has 1 fully saturated rings. The van der Waals surface area contributed by atoms with Crippen LogP contribution in [-0.4, -0.2) is 55.8 Å². The smallest absolute Gasteiger partial charge is 0.191 e. The van der Waals surface area contributed by atoms with Gasteiger partial charge in [0.25, 0.3) is 0 Å². The summed E-state index contributed by atoms with van der Waals surface area (Å²) in [6.45, 7) is 5.86. The van der Waals surface area contributed by atoms with Crippen molar-refractivity contribution in [2.24, 2.45) is 4.99 Å². The Bertz CT molecular complexity index is 533. The number of nitrogens with one attached hydrogen (secondary N) is 2. The van der Waals surface area contributed by atoms with Crippen LogP contribution in [0.4, 0.5) is 0 Å². The molecule has 1 aliphatic heterocycles. The number of likely N-dealkylation sites (N-methyl/N-ethyl adjacent to an activating group) is 1. The fourth-order valence-electron chi connectivity index (χ4n) is 2.99. The zero-order chi connectivity index (χ0) is 16.7. The van der Waals surface area contributed by atoms with Gasteiger partial charge in [0.2, 0.25) is 0 Å². The van der Waals surface area contributed by atoms with Crippen LogP contribution in [0, 0.1) is 0 Å². The molecule has 0 radical (unpaired) electrons. The Morgan fingerprint density at radius 3 is 2.96 bits per heavy atom. The molecule has 1 heterocycles. The molecule has 0 aromatic heterocycles. The molecule has 0 spiro atoms. The molecule has 1 saturated heterocycles. The molecule has 3 N–H and O–H groups in total. The van der Waals surface area contributed by atoms with Crippen LogP contribution in [0.2, 0.25) is 0 Å². The molecular weight excluding hydrogens is 292 g/mol. The highest BCUT2D eigenvalue weighted by Crippen LogP contribution is 2.22. The van der Waals surface area contributed by atoms with Crippen LogP contribution in [-0.2, 0) is 6.54 Å². The van der Waals surface area contributed by atoms with Gasteiger partial charge in [-0.05, 0) is 44.1 Å². The van der Waals surface area contributed by atoms with Crippen molar-refractivity contribution in [1.82, 2.24) is 15.5 Å². The van der Waals surface area contributed by atoms with Gasteiger partial charge in [-0.15, -0.1) is 0 Å². The summed E-state index contributed by atoms with van der Waals surface area (Å²) in [5, 5.41) is 16.5. The summed E-state index contributed by atoms with van der Waals surface area (Å²) >= 11 is 0. The second-order valence-electron chi connectivity index (χ2n) is 5.73. The van der Waals surface area contributed by atoms with Crippen LogP contribution < -0.4 is 15.4 Å². The van der Waals surface area contributed by atoms with E-state index in [1.54, 1.807) is 26.3 Å². The largest absolute Gasteiger partial charge is 0.508 e. The van der Waals surface area contributed by atoms with Gasteiger partial charge in [-0.2, -0.15) is 0 Å². The number of guanidine groups is 1. The molecular formula is C17H28N4O2. The molecule has 6 nitrogen and oxygen atoms in total. The first-order valence-electron chi connectivity index (χ1n) is 8.22. The van der Waals surface area contributed by atoms with E-state index in [2.05, 4.69) is 27.4 Å². The van der Waals surface area contributed by atoms with Gasteiger partial charge in [-0.1, -0.05) is 6.92 Å². The van der Waals surface area contributed by atoms with Gasteiger partial charge in [0, 0.05) is 31.7 Å². The fraction of sp³-hybridized carbons (Fsp3) is 0.588. The van der Waals surface area contributed by atoms with E-state index in [0.717, 1.165) is 30.4 Å². The standard InChI is InChI=1S/C17H28N4O2/c1-4-21-9-5-6-14(21)12-20-17(18-2)19-11-13-10-15(23-3)7-8-16(13)22/h7-8,10,14,22H,4-6,9,11-12H2,1-3H3,(H2,18,19,20). The third kappa shape index (κ3) is 4.76. The Hall–Kier alpha value is -1.95. The average molecular weight is 320 g/mol. The van der Waals surface area contributed by atoms with Crippen molar-refractivity contribution >= 4 is 5.96 Å². The zero-order valence-corrected chi connectivity index (χ0v) is 14.3. The van der Waals surface area contributed by atoms with E-state index < -0.39 is 0 Å². The number of phenols is 1. The van der Waals surface area contributed by atoms with Gasteiger partial charge in [0.1, 0.15) is 11.5 Å². The first-order chi connectivity index (χ1) is 11.2. The SMILES string of the molecule is CCN1CCCC1CNC(=NC)NCc1cc(OC)ccc1O. The maximum atomic E-state index is 9.92. The Kier molecular flexibility index (Phi) is 6.52. The van der Waals surface area contributed by atoms with Gasteiger partial charge < -0.3 is 20.5 Å². The van der Waals surface area contributed by atoms with Crippen molar-refractivity contribution in [3.05, 3.63) is 23.8 Å². The highest BCUT2D eigenvalue weighted by Gasteiger charge is 2.22. The summed E-state index contributed by atoms with van der Waals surface area (Å²) in [6, 6.07) is 5.78. The number of benzene rings is 1. The maximum absolute atomic E-state index is 9.92. The molecule has 2 rings (SSSR count). The number of ether oxygens (including phenoxy) is 1. The number of rotatable bonds is 6. The number of nitrogens with zero attached hydrogens (tertiary/aromatic N) is 2. The van der Waals surface area contributed by atoms with Crippen LogP contribution in [0.25, 0.3) is 0 Å². The minimum atomic E-state index is 0.252. The summed E-state index contributed by atoms with van der Waals surface area (Å²) in [5.41, 5.74) is 0.781. The zero-order valence-electron chi connectivity index (χ0n) is 14.3. The van der Waals surface area contributed by atoms with Crippen LogP contribution in [0.5, 0.6) is 11.5 Å². The van der Waals surface area contributed by atoms with Crippen LogP contribution in [0.1, 0.15) is 25.3 Å². The van der Waals surface area contributed by atoms with E-state index in [1.165, 1.54) is 19.4 Å². The van der Waals surface area contributed by atoms with Gasteiger partial charge in [0.05, 0.1) is 7.11 Å². The van der Waals surface area contributed by atoms with Crippen molar-refractivity contribution in [2.75, 3.05) is 33.8 Å². The number of aliphatic imine (C=N–C) groups is 1. The van der Waals surface area contributed by atoms with E-state index in [1.807, 2.05) is 6.07 Å². The summed E-state index contributed by atoms with van der Waals surface area (Å²) in [7, 11) is 3.37. The summed E-state index contributed by atoms with van der Waals surface area (Å²) in [5.74, 6) is 1.73. The average Bonchev–Trinajstić information content (AvgIpc) is 3.04. The minimum absolute atomic E-state index is 0.252. The molecule has 1 aliphatic rings. The second-order valence-corrected chi connectivity index (χ2v) is 5.73. The Balaban J connectivity index is 1.86. The van der Waals surface area contributed by atoms with E-state index in [9.17, 15) is 5.11 Å². The van der Waals surface area contributed by atoms with E-state index >= 15 is 0 Å². The first-order valence-corrected chi connectivity index (χ1v) is 8.22. The molecule has 0 bridgehead atoms. The third-order valence-electron chi connectivity index (χ3n) is 4.37. The molecule has 23 heavy (non-hydrogen) atoms. The van der Waals surface area contributed by atoms with Crippen molar-refractivity contribution in [3.8, 4) is 11.5 Å². The lowest BCUT2D eigenvalue weighted by atomic mass is 10.2.